The Hall–Kier alpha value is -2.08. The molecule has 2 amide bonds. The summed E-state index contributed by atoms with van der Waals surface area (Å²) < 4.78 is 5.50. The third-order valence-electron chi connectivity index (χ3n) is 4.40. The summed E-state index contributed by atoms with van der Waals surface area (Å²) in [6.07, 6.45) is 2.25. The first kappa shape index (κ1) is 15.8. The van der Waals surface area contributed by atoms with Gasteiger partial charge in [0.1, 0.15) is 0 Å². The number of fused-ring (bicyclic) bond motifs is 1. The first-order valence-electron chi connectivity index (χ1n) is 8.21. The lowest BCUT2D eigenvalue weighted by Gasteiger charge is -2.27. The topological polar surface area (TPSA) is 84.7 Å². The number of amides is 2. The predicted octanol–water partition coefficient (Wildman–Crippen LogP) is 1.78. The lowest BCUT2D eigenvalue weighted by Crippen LogP contribution is -2.49. The Morgan fingerprint density at radius 2 is 2.13 bits per heavy atom. The van der Waals surface area contributed by atoms with Gasteiger partial charge in [-0.3, -0.25) is 9.69 Å². The molecule has 124 valence electrons. The minimum atomic E-state index is -0.628. The summed E-state index contributed by atoms with van der Waals surface area (Å²) in [6, 6.07) is 6.99. The minimum absolute atomic E-state index is 0.211. The summed E-state index contributed by atoms with van der Waals surface area (Å²) in [5.41, 5.74) is 7.67. The Balaban J connectivity index is 1.72. The van der Waals surface area contributed by atoms with Crippen molar-refractivity contribution in [2.45, 2.75) is 44.9 Å². The molecule has 2 aliphatic rings. The fourth-order valence-electron chi connectivity index (χ4n) is 2.78. The van der Waals surface area contributed by atoms with Gasteiger partial charge < -0.3 is 15.8 Å². The first-order valence-corrected chi connectivity index (χ1v) is 8.21. The molecule has 3 N–H and O–H groups in total. The van der Waals surface area contributed by atoms with Gasteiger partial charge in [0.15, 0.2) is 6.23 Å². The van der Waals surface area contributed by atoms with E-state index in [0.717, 1.165) is 24.1 Å². The average molecular weight is 317 g/mol. The van der Waals surface area contributed by atoms with Crippen LogP contribution >= 0.6 is 0 Å². The van der Waals surface area contributed by atoms with Crippen LogP contribution in [0, 0.1) is 5.92 Å². The second-order valence-electron chi connectivity index (χ2n) is 6.24. The van der Waals surface area contributed by atoms with Crippen LogP contribution in [0.2, 0.25) is 0 Å². The largest absolute Gasteiger partial charge is 0.425 e. The zero-order valence-corrected chi connectivity index (χ0v) is 13.3. The number of para-hydroxylation sites is 1. The molecule has 0 radical (unpaired) electrons. The van der Waals surface area contributed by atoms with Gasteiger partial charge >= 0.3 is 6.09 Å². The summed E-state index contributed by atoms with van der Waals surface area (Å²) in [4.78, 5) is 26.1. The summed E-state index contributed by atoms with van der Waals surface area (Å²) in [6.45, 7) is 2.50. The number of nitrogens with one attached hydrogen (secondary N) is 1. The van der Waals surface area contributed by atoms with Crippen molar-refractivity contribution in [2.24, 2.45) is 11.7 Å². The van der Waals surface area contributed by atoms with Crippen molar-refractivity contribution < 1.29 is 14.3 Å². The molecule has 1 aliphatic heterocycles. The van der Waals surface area contributed by atoms with Gasteiger partial charge in [0, 0.05) is 13.0 Å². The zero-order valence-electron chi connectivity index (χ0n) is 13.3. The van der Waals surface area contributed by atoms with E-state index in [0.29, 0.717) is 25.3 Å². The molecular weight excluding hydrogens is 294 g/mol. The molecule has 0 unspecified atom stereocenters. The van der Waals surface area contributed by atoms with Gasteiger partial charge in [-0.2, -0.15) is 0 Å². The van der Waals surface area contributed by atoms with E-state index < -0.39 is 18.4 Å². The quantitative estimate of drug-likeness (QED) is 0.867. The molecule has 6 heteroatoms. The molecule has 0 spiro atoms. The Kier molecular flexibility index (Phi) is 4.52. The van der Waals surface area contributed by atoms with Crippen LogP contribution < -0.4 is 16.0 Å². The molecule has 1 heterocycles. The van der Waals surface area contributed by atoms with Gasteiger partial charge in [0.25, 0.3) is 0 Å². The summed E-state index contributed by atoms with van der Waals surface area (Å²) in [5.74, 6) is 0.368. The number of alkyl carbamates (subject to hydrolysis) is 1. The van der Waals surface area contributed by atoms with Crippen molar-refractivity contribution in [2.75, 3.05) is 11.4 Å². The average Bonchev–Trinajstić information content (AvgIpc) is 3.32. The number of nitrogens with zero attached hydrogens (tertiary/aromatic N) is 1. The number of hydrogen-bond donors (Lipinski definition) is 2. The van der Waals surface area contributed by atoms with Gasteiger partial charge in [-0.05, 0) is 36.8 Å². The summed E-state index contributed by atoms with van der Waals surface area (Å²) in [5, 5.41) is 2.77. The van der Waals surface area contributed by atoms with Crippen molar-refractivity contribution in [3.8, 4) is 0 Å². The second-order valence-corrected chi connectivity index (χ2v) is 6.24. The van der Waals surface area contributed by atoms with E-state index in [9.17, 15) is 9.59 Å². The molecule has 23 heavy (non-hydrogen) atoms. The molecule has 1 aliphatic carbocycles. The number of ether oxygens (including phenoxy) is 1. The lowest BCUT2D eigenvalue weighted by atomic mass is 10.1. The maximum Gasteiger partial charge on any atom is 0.409 e. The Morgan fingerprint density at radius 1 is 1.39 bits per heavy atom. The van der Waals surface area contributed by atoms with Gasteiger partial charge in [-0.1, -0.05) is 25.1 Å². The minimum Gasteiger partial charge on any atom is -0.425 e. The van der Waals surface area contributed by atoms with E-state index in [1.807, 2.05) is 31.2 Å². The smallest absolute Gasteiger partial charge is 0.409 e. The first-order chi connectivity index (χ1) is 11.1. The van der Waals surface area contributed by atoms with E-state index in [2.05, 4.69) is 5.32 Å². The molecule has 3 rings (SSSR count). The third-order valence-corrected chi connectivity index (χ3v) is 4.40. The number of nitrogens with two attached hydrogens (primary N) is 1. The van der Waals surface area contributed by atoms with Crippen molar-refractivity contribution in [1.29, 1.82) is 0 Å². The van der Waals surface area contributed by atoms with E-state index in [-0.39, 0.29) is 5.91 Å². The van der Waals surface area contributed by atoms with Crippen molar-refractivity contribution >= 4 is 17.7 Å². The van der Waals surface area contributed by atoms with Crippen LogP contribution in [-0.4, -0.2) is 30.8 Å². The van der Waals surface area contributed by atoms with Crippen molar-refractivity contribution in [3.05, 3.63) is 29.8 Å². The third kappa shape index (κ3) is 3.47. The highest BCUT2D eigenvalue weighted by molar-refractivity contribution is 5.99. The van der Waals surface area contributed by atoms with E-state index >= 15 is 0 Å². The summed E-state index contributed by atoms with van der Waals surface area (Å²) in [7, 11) is 0. The van der Waals surface area contributed by atoms with Crippen LogP contribution in [0.15, 0.2) is 24.3 Å². The predicted molar refractivity (Wildman–Crippen MR) is 86.9 cm³/mol. The van der Waals surface area contributed by atoms with Crippen LogP contribution in [-0.2, 0) is 16.0 Å². The molecule has 2 atom stereocenters. The fourth-order valence-corrected chi connectivity index (χ4v) is 2.78. The molecule has 0 saturated heterocycles. The molecule has 0 aromatic heterocycles. The normalized spacial score (nSPS) is 20.8. The number of anilines is 1. The highest BCUT2D eigenvalue weighted by Gasteiger charge is 2.38. The number of rotatable bonds is 5. The van der Waals surface area contributed by atoms with Crippen LogP contribution in [0.1, 0.15) is 31.7 Å². The van der Waals surface area contributed by atoms with Crippen molar-refractivity contribution in [1.82, 2.24) is 5.32 Å². The fraction of sp³-hybridized carbons (Fsp3) is 0.529. The monoisotopic (exact) mass is 317 g/mol. The number of carbonyl (C=O) groups excluding carboxylic acids is 2. The van der Waals surface area contributed by atoms with E-state index in [4.69, 9.17) is 10.5 Å². The van der Waals surface area contributed by atoms with Gasteiger partial charge in [0.05, 0.1) is 11.7 Å². The highest BCUT2D eigenvalue weighted by Crippen LogP contribution is 2.33. The van der Waals surface area contributed by atoms with E-state index in [1.54, 1.807) is 0 Å². The SMILES string of the molecule is CC[C@H](N)C(=O)N1c2ccccc2C[C@@H]1OC(=O)NCC1CC1. The molecule has 1 saturated carbocycles. The van der Waals surface area contributed by atoms with Crippen LogP contribution in [0.25, 0.3) is 0 Å². The molecule has 1 aromatic carbocycles. The maximum absolute atomic E-state index is 12.6. The maximum atomic E-state index is 12.6. The van der Waals surface area contributed by atoms with Crippen LogP contribution in [0.3, 0.4) is 0 Å². The number of carbonyl (C=O) groups is 2. The van der Waals surface area contributed by atoms with Gasteiger partial charge in [-0.25, -0.2) is 4.79 Å². The van der Waals surface area contributed by atoms with Gasteiger partial charge in [0.2, 0.25) is 5.91 Å². The standard InChI is InChI=1S/C17H23N3O3/c1-2-13(18)16(21)20-14-6-4-3-5-12(14)9-15(20)23-17(22)19-10-11-7-8-11/h3-6,11,13,15H,2,7-10,18H2,1H3,(H,19,22)/t13-,15-/m0/s1. The summed E-state index contributed by atoms with van der Waals surface area (Å²) >= 11 is 0. The van der Waals surface area contributed by atoms with Crippen molar-refractivity contribution in [3.63, 3.8) is 0 Å². The Morgan fingerprint density at radius 3 is 2.83 bits per heavy atom. The zero-order chi connectivity index (χ0) is 16.4. The highest BCUT2D eigenvalue weighted by atomic mass is 16.6. The van der Waals surface area contributed by atoms with E-state index in [1.165, 1.54) is 4.90 Å². The number of hydrogen-bond acceptors (Lipinski definition) is 4. The number of benzene rings is 1. The molecule has 1 fully saturated rings. The molecular formula is C17H23N3O3. The Labute approximate surface area is 136 Å². The lowest BCUT2D eigenvalue weighted by molar-refractivity contribution is -0.121. The van der Waals surface area contributed by atoms with Gasteiger partial charge in [-0.15, -0.1) is 0 Å². The molecule has 1 aromatic rings. The molecule has 0 bridgehead atoms. The van der Waals surface area contributed by atoms with Crippen LogP contribution in [0.4, 0.5) is 10.5 Å². The second kappa shape index (κ2) is 6.58. The molecule has 6 nitrogen and oxygen atoms in total. The van der Waals surface area contributed by atoms with Crippen LogP contribution in [0.5, 0.6) is 0 Å². The Bertz CT molecular complexity index is 601.